The molecule has 133 heavy (non-hydrogen) atoms. The van der Waals surface area contributed by atoms with Crippen molar-refractivity contribution in [2.24, 2.45) is 20.4 Å². The molecule has 1 aliphatic carbocycles. The molecule has 1 unspecified atom stereocenters. The van der Waals surface area contributed by atoms with Crippen LogP contribution in [0.2, 0.25) is 0 Å². The number of rotatable bonds is 24. The fourth-order valence-corrected chi connectivity index (χ4v) is 22.0. The first-order chi connectivity index (χ1) is 64.0. The van der Waals surface area contributed by atoms with Gasteiger partial charge in [-0.1, -0.05) is 161 Å². The first-order valence-electron chi connectivity index (χ1n) is 42.0. The lowest BCUT2D eigenvalue weighted by Crippen LogP contribution is -2.43. The molecule has 12 aromatic carbocycles. The highest BCUT2D eigenvalue weighted by molar-refractivity contribution is 7.90. The number of hydrogen-bond acceptors (Lipinski definition) is 25. The number of morpholine rings is 1. The van der Waals surface area contributed by atoms with Crippen LogP contribution in [0, 0.1) is 45.3 Å². The number of fused-ring (bicyclic) bond motifs is 4. The molecule has 1 saturated carbocycles. The summed E-state index contributed by atoms with van der Waals surface area (Å²) >= 11 is 0. The molecule has 33 nitrogen and oxygen atoms in total. The highest BCUT2D eigenvalue weighted by Gasteiger charge is 2.35. The molecule has 0 bridgehead atoms. The molecular weight excluding hydrogens is 1780 g/mol. The van der Waals surface area contributed by atoms with Crippen molar-refractivity contribution in [3.8, 4) is 47.3 Å². The van der Waals surface area contributed by atoms with Gasteiger partial charge in [0.15, 0.2) is 0 Å². The van der Waals surface area contributed by atoms with Gasteiger partial charge in [-0.2, -0.15) is 54.4 Å². The first kappa shape index (κ1) is 97.1. The van der Waals surface area contributed by atoms with Gasteiger partial charge in [0.25, 0.3) is 23.6 Å². The Balaban J connectivity index is 0.000000160. The predicted molar refractivity (Wildman–Crippen MR) is 501 cm³/mol. The molecule has 2 saturated heterocycles. The normalized spacial score (nSPS) is 14.5. The number of amides is 4. The van der Waals surface area contributed by atoms with Crippen molar-refractivity contribution in [2.45, 2.75) is 104 Å². The quantitative estimate of drug-likeness (QED) is 0.0200. The van der Waals surface area contributed by atoms with Gasteiger partial charge < -0.3 is 25.2 Å². The summed E-state index contributed by atoms with van der Waals surface area (Å²) in [6.45, 7) is 8.19. The third-order valence-corrected chi connectivity index (χ3v) is 29.8. The number of nitrogens with one attached hydrogen (secondary N) is 5. The van der Waals surface area contributed by atoms with E-state index in [2.05, 4.69) is 46.8 Å². The minimum atomic E-state index is -3.69. The van der Waals surface area contributed by atoms with E-state index in [1.807, 2.05) is 31.2 Å². The topological polar surface area (TPSA) is 509 Å². The molecule has 1 atom stereocenters. The summed E-state index contributed by atoms with van der Waals surface area (Å²) in [6.07, 6.45) is 13.0. The Kier molecular flexibility index (Phi) is 32.2. The van der Waals surface area contributed by atoms with E-state index in [0.717, 1.165) is 51.4 Å². The number of carbonyl (C=O) groups is 4. The number of benzene rings is 12. The number of piperidine rings is 1. The summed E-state index contributed by atoms with van der Waals surface area (Å²) < 4.78 is 118. The smallest absolute Gasteiger partial charge is 0.271 e. The molecule has 3 aliphatic rings. The summed E-state index contributed by atoms with van der Waals surface area (Å²) in [4.78, 5) is 50.2. The van der Waals surface area contributed by atoms with Gasteiger partial charge in [0.2, 0.25) is 40.1 Å². The molecule has 680 valence electrons. The number of carbonyl (C=O) groups excluding carboxylic acids is 4. The lowest BCUT2D eigenvalue weighted by atomic mass is 10.0. The first-order valence-corrected chi connectivity index (χ1v) is 47.8. The number of sulfonamides is 4. The van der Waals surface area contributed by atoms with Gasteiger partial charge in [0.1, 0.15) is 47.3 Å². The molecule has 0 aromatic heterocycles. The van der Waals surface area contributed by atoms with E-state index < -0.39 is 63.7 Å². The second-order valence-corrected chi connectivity index (χ2v) is 37.7. The van der Waals surface area contributed by atoms with Crippen LogP contribution in [0.15, 0.2) is 258 Å². The van der Waals surface area contributed by atoms with Gasteiger partial charge in [0, 0.05) is 111 Å². The van der Waals surface area contributed by atoms with Crippen LogP contribution in [0.4, 0.5) is 0 Å². The molecule has 15 rings (SSSR count). The van der Waals surface area contributed by atoms with Crippen molar-refractivity contribution in [2.75, 3.05) is 45.9 Å². The maximum Gasteiger partial charge on any atom is 0.271 e. The molecule has 2 aliphatic heterocycles. The molecular formula is C96H90N16O17S4. The van der Waals surface area contributed by atoms with Gasteiger partial charge >= 0.3 is 0 Å². The van der Waals surface area contributed by atoms with E-state index in [0.29, 0.717) is 111 Å². The van der Waals surface area contributed by atoms with Crippen molar-refractivity contribution in [3.05, 3.63) is 285 Å². The highest BCUT2D eigenvalue weighted by atomic mass is 32.2. The lowest BCUT2D eigenvalue weighted by Gasteiger charge is -2.34. The summed E-state index contributed by atoms with van der Waals surface area (Å²) in [5.41, 5.74) is 12.7. The summed E-state index contributed by atoms with van der Waals surface area (Å²) in [6, 6.07) is 64.2. The third kappa shape index (κ3) is 22.9. The number of nitriles is 4. The zero-order valence-electron chi connectivity index (χ0n) is 72.0. The summed E-state index contributed by atoms with van der Waals surface area (Å²) in [5, 5.41) is 95.3. The largest absolute Gasteiger partial charge is 0.507 e. The number of aromatic hydroxyl groups is 4. The predicted octanol–water partition coefficient (Wildman–Crippen LogP) is 12.9. The van der Waals surface area contributed by atoms with Crippen molar-refractivity contribution >= 4 is 132 Å². The van der Waals surface area contributed by atoms with E-state index in [1.165, 1.54) is 112 Å². The zero-order chi connectivity index (χ0) is 95.2. The second-order valence-electron chi connectivity index (χ2n) is 30.3. The second kappa shape index (κ2) is 44.1. The van der Waals surface area contributed by atoms with Crippen LogP contribution in [0.3, 0.4) is 0 Å². The number of phenolic OH excluding ortho intramolecular Hbond substituents is 4. The molecule has 9 N–H and O–H groups in total. The molecule has 0 radical (unpaired) electrons. The fraction of sp³-hybridized carbons (Fsp3) is 0.208. The molecule has 3 fully saturated rings. The maximum absolute atomic E-state index is 13.6. The lowest BCUT2D eigenvalue weighted by molar-refractivity contribution is 0.0730. The van der Waals surface area contributed by atoms with Crippen LogP contribution in [0.1, 0.15) is 158 Å². The number of phenols is 4. The molecule has 12 aromatic rings. The Morgan fingerprint density at radius 3 is 1.05 bits per heavy atom. The molecule has 4 amide bonds. The number of nitrogens with zero attached hydrogens (tertiary/aromatic N) is 11. The van der Waals surface area contributed by atoms with Gasteiger partial charge in [-0.3, -0.25) is 19.2 Å². The number of hydrogen-bond donors (Lipinski definition) is 9. The average molecular weight is 1870 g/mol. The highest BCUT2D eigenvalue weighted by Crippen LogP contribution is 2.36. The van der Waals surface area contributed by atoms with Gasteiger partial charge in [-0.05, 0) is 151 Å². The van der Waals surface area contributed by atoms with Crippen molar-refractivity contribution in [1.29, 1.82) is 21.0 Å². The van der Waals surface area contributed by atoms with E-state index in [-0.39, 0.29) is 99.2 Å². The zero-order valence-corrected chi connectivity index (χ0v) is 75.3. The Hall–Kier alpha value is -15.0. The van der Waals surface area contributed by atoms with Crippen LogP contribution >= 0.6 is 0 Å². The summed E-state index contributed by atoms with van der Waals surface area (Å²) in [7, 11) is -14.7. The van der Waals surface area contributed by atoms with E-state index in [4.69, 9.17) is 25.8 Å². The van der Waals surface area contributed by atoms with Crippen LogP contribution in [-0.2, 0) is 44.8 Å². The maximum atomic E-state index is 13.6. The Morgan fingerprint density at radius 1 is 0.398 bits per heavy atom. The third-order valence-electron chi connectivity index (χ3n) is 22.2. The average Bonchev–Trinajstić information content (AvgIpc) is 0.990. The summed E-state index contributed by atoms with van der Waals surface area (Å²) in [5.74, 6) is -3.04. The van der Waals surface area contributed by atoms with Crippen LogP contribution < -0.4 is 26.4 Å². The number of ether oxygens (including phenoxy) is 1. The van der Waals surface area contributed by atoms with Gasteiger partial charge in [0.05, 0.1) is 79.9 Å². The number of hydrazone groups is 4. The van der Waals surface area contributed by atoms with Crippen LogP contribution in [0.5, 0.6) is 23.0 Å². The standard InChI is InChI=1S/C26H26N4O4S.C24H22N4O4S.C23H20N4O5S.C23H22N4O4S/c1-2-21-7-5-6-14-30(21)35(33,34)25-13-11-19(22-8-3-4-9-23(22)25)17-28-29-26(32)18-10-12-24(31)20(15-18)16-27;25-14-18-13-16(9-11-22(18)29)24(30)27-26-15-17-10-12-23(21-8-4-3-7-20(17)21)33(31,32)28-19-5-1-2-6-19;24-14-18-13-16(5-7-21(18)28)23(29)26-25-15-17-6-8-22(20-4-2-1-3-19(17)20)33(30,31)27-9-11-32-12-10-27;1-3-27(4-2)32(30,31)22-12-10-17(19-7-5-6-8-20(19)22)15-25-26-23(29)16-9-11-21(28)18(13-16)14-24/h3-4,8-13,15,17,21,31H,2,5-7,14H2,1H3,(H,29,32);3-4,7-13,15,19,28-29H,1-2,5-6H2,(H,27,30);1-8,13,15,28H,9-12H2,(H,26,29);5-13,15,28H,3-4H2,1-2H3,(H,26,29)/b28-17+;26-15+;2*25-15+. The van der Waals surface area contributed by atoms with Crippen molar-refractivity contribution < 1.29 is 78.0 Å². The minimum absolute atomic E-state index is 0.00501. The van der Waals surface area contributed by atoms with Gasteiger partial charge in [-0.15, -0.1) is 0 Å². The molecule has 2 heterocycles. The van der Waals surface area contributed by atoms with E-state index in [1.54, 1.807) is 158 Å². The van der Waals surface area contributed by atoms with Crippen molar-refractivity contribution in [3.63, 3.8) is 0 Å². The fourth-order valence-electron chi connectivity index (χ4n) is 15.3. The SMILES string of the molecule is CCC1CCCCN1S(=O)(=O)c1ccc(/C=N/NC(=O)c2ccc(O)c(C#N)c2)c2ccccc12.CCN(CC)S(=O)(=O)c1ccc(/C=N/NC(=O)c2ccc(O)c(C#N)c2)c2ccccc12.N#Cc1cc(C(=O)N/N=C/c2ccc(S(=O)(=O)N3CCOCC3)c3ccccc23)ccc1O.N#Cc1cc(C(=O)N/N=C/c2ccc(S(=O)(=O)NC3CCCC3)c3ccccc23)ccc1O. The Labute approximate surface area is 767 Å². The van der Waals surface area contributed by atoms with Crippen molar-refractivity contribution in [1.82, 2.24) is 39.3 Å². The van der Waals surface area contributed by atoms with Gasteiger partial charge in [-0.25, -0.2) is 60.1 Å². The molecule has 0 spiro atoms. The van der Waals surface area contributed by atoms with E-state index >= 15 is 0 Å². The molecule has 37 heteroatoms. The monoisotopic (exact) mass is 1870 g/mol. The minimum Gasteiger partial charge on any atom is -0.507 e. The van der Waals surface area contributed by atoms with Crippen LogP contribution in [-0.4, -0.2) is 174 Å². The Morgan fingerprint density at radius 2 is 0.707 bits per heavy atom. The van der Waals surface area contributed by atoms with E-state index in [9.17, 15) is 73.3 Å². The Bertz CT molecular complexity index is 7280. The van der Waals surface area contributed by atoms with Crippen LogP contribution in [0.25, 0.3) is 43.1 Å².